The van der Waals surface area contributed by atoms with E-state index in [4.69, 9.17) is 16.3 Å². The molecule has 2 aliphatic heterocycles. The second kappa shape index (κ2) is 10.3. The van der Waals surface area contributed by atoms with E-state index >= 15 is 0 Å². The summed E-state index contributed by atoms with van der Waals surface area (Å²) < 4.78 is 6.20. The van der Waals surface area contributed by atoms with Crippen molar-refractivity contribution in [3.05, 3.63) is 64.7 Å². The molecule has 1 fully saturated rings. The van der Waals surface area contributed by atoms with Gasteiger partial charge in [-0.25, -0.2) is 0 Å². The standard InChI is InChI=1S/C24H30ClN3O2/c25-20-6-3-5-18(15-20)17-28-12-4-14-30-23-8-2-1-7-21(23)19-9-10-26-22(16-19)24(29)27-11-13-28/h1-3,5-8,15,19,22,26H,4,9-14,16-17H2,(H,27,29)/t19-,22+/m0/s1. The van der Waals surface area contributed by atoms with Crippen molar-refractivity contribution in [2.45, 2.75) is 37.8 Å². The highest BCUT2D eigenvalue weighted by Crippen LogP contribution is 2.34. The minimum atomic E-state index is -0.152. The summed E-state index contributed by atoms with van der Waals surface area (Å²) in [5, 5.41) is 7.28. The first kappa shape index (κ1) is 21.2. The van der Waals surface area contributed by atoms with Gasteiger partial charge in [-0.2, -0.15) is 0 Å². The number of hydrogen-bond donors (Lipinski definition) is 2. The van der Waals surface area contributed by atoms with Crippen molar-refractivity contribution >= 4 is 17.5 Å². The number of benzene rings is 2. The predicted molar refractivity (Wildman–Crippen MR) is 120 cm³/mol. The molecule has 2 aliphatic rings. The second-order valence-corrected chi connectivity index (χ2v) is 8.60. The molecule has 2 atom stereocenters. The van der Waals surface area contributed by atoms with Crippen molar-refractivity contribution in [3.63, 3.8) is 0 Å². The summed E-state index contributed by atoms with van der Waals surface area (Å²) in [5.41, 5.74) is 2.41. The van der Waals surface area contributed by atoms with Crippen molar-refractivity contribution in [1.29, 1.82) is 0 Å². The average molecular weight is 428 g/mol. The Labute approximate surface area is 183 Å². The molecule has 0 aromatic heterocycles. The van der Waals surface area contributed by atoms with Crippen LogP contribution in [-0.4, -0.2) is 49.6 Å². The second-order valence-electron chi connectivity index (χ2n) is 8.16. The van der Waals surface area contributed by atoms with Gasteiger partial charge in [-0.1, -0.05) is 41.9 Å². The predicted octanol–water partition coefficient (Wildman–Crippen LogP) is 3.58. The first-order chi connectivity index (χ1) is 14.7. The highest BCUT2D eigenvalue weighted by molar-refractivity contribution is 6.30. The van der Waals surface area contributed by atoms with E-state index in [0.29, 0.717) is 19.1 Å². The summed E-state index contributed by atoms with van der Waals surface area (Å²) in [4.78, 5) is 15.1. The Kier molecular flexibility index (Phi) is 7.26. The van der Waals surface area contributed by atoms with E-state index in [-0.39, 0.29) is 11.9 Å². The first-order valence-corrected chi connectivity index (χ1v) is 11.3. The molecule has 5 nitrogen and oxygen atoms in total. The Morgan fingerprint density at radius 1 is 1.10 bits per heavy atom. The SMILES string of the molecule is O=C1NCCN(Cc2cccc(Cl)c2)CCCOc2ccccc2[C@H]2CCN[C@@H]1C2. The number of hydrogen-bond acceptors (Lipinski definition) is 4. The molecule has 2 aromatic rings. The van der Waals surface area contributed by atoms with Crippen LogP contribution in [0.3, 0.4) is 0 Å². The maximum atomic E-state index is 12.8. The van der Waals surface area contributed by atoms with Crippen LogP contribution in [0.4, 0.5) is 0 Å². The fourth-order valence-electron chi connectivity index (χ4n) is 4.44. The summed E-state index contributed by atoms with van der Waals surface area (Å²) >= 11 is 6.16. The van der Waals surface area contributed by atoms with Crippen molar-refractivity contribution in [1.82, 2.24) is 15.5 Å². The monoisotopic (exact) mass is 427 g/mol. The molecule has 6 heteroatoms. The Morgan fingerprint density at radius 3 is 2.90 bits per heavy atom. The van der Waals surface area contributed by atoms with E-state index in [1.54, 1.807) is 0 Å². The van der Waals surface area contributed by atoms with Gasteiger partial charge in [0.05, 0.1) is 12.6 Å². The lowest BCUT2D eigenvalue weighted by atomic mass is 9.85. The Hall–Kier alpha value is -2.08. The lowest BCUT2D eigenvalue weighted by molar-refractivity contribution is -0.123. The maximum Gasteiger partial charge on any atom is 0.237 e. The van der Waals surface area contributed by atoms with E-state index < -0.39 is 0 Å². The smallest absolute Gasteiger partial charge is 0.237 e. The molecule has 0 aliphatic carbocycles. The Bertz CT molecular complexity index is 860. The third-order valence-electron chi connectivity index (χ3n) is 5.98. The molecule has 2 bridgehead atoms. The summed E-state index contributed by atoms with van der Waals surface area (Å²) in [5.74, 6) is 1.40. The third-order valence-corrected chi connectivity index (χ3v) is 6.21. The molecular weight excluding hydrogens is 398 g/mol. The molecule has 0 unspecified atom stereocenters. The minimum absolute atomic E-state index is 0.0952. The minimum Gasteiger partial charge on any atom is -0.493 e. The molecule has 1 amide bonds. The number of rotatable bonds is 2. The van der Waals surface area contributed by atoms with Gasteiger partial charge in [0.15, 0.2) is 0 Å². The third kappa shape index (κ3) is 5.54. The lowest BCUT2D eigenvalue weighted by Gasteiger charge is -2.31. The molecular formula is C24H30ClN3O2. The zero-order chi connectivity index (χ0) is 20.8. The van der Waals surface area contributed by atoms with Gasteiger partial charge in [0.25, 0.3) is 0 Å². The Balaban J connectivity index is 1.49. The van der Waals surface area contributed by atoms with Crippen LogP contribution in [0.2, 0.25) is 5.02 Å². The summed E-state index contributed by atoms with van der Waals surface area (Å²) in [6.07, 6.45) is 2.76. The lowest BCUT2D eigenvalue weighted by Crippen LogP contribution is -2.49. The van der Waals surface area contributed by atoms with Crippen LogP contribution < -0.4 is 15.4 Å². The van der Waals surface area contributed by atoms with Gasteiger partial charge in [0, 0.05) is 31.2 Å². The molecule has 4 rings (SSSR count). The highest BCUT2D eigenvalue weighted by Gasteiger charge is 2.29. The van der Waals surface area contributed by atoms with Crippen molar-refractivity contribution < 1.29 is 9.53 Å². The van der Waals surface area contributed by atoms with Crippen LogP contribution in [0.1, 0.15) is 36.3 Å². The highest BCUT2D eigenvalue weighted by atomic mass is 35.5. The quantitative estimate of drug-likeness (QED) is 0.769. The number of nitrogens with one attached hydrogen (secondary N) is 2. The molecule has 0 spiro atoms. The van der Waals surface area contributed by atoms with Gasteiger partial charge in [-0.3, -0.25) is 9.69 Å². The number of fused-ring (bicyclic) bond motifs is 4. The maximum absolute atomic E-state index is 12.8. The fourth-order valence-corrected chi connectivity index (χ4v) is 4.66. The van der Waals surface area contributed by atoms with E-state index in [1.807, 2.05) is 24.3 Å². The van der Waals surface area contributed by atoms with E-state index in [1.165, 1.54) is 11.1 Å². The summed E-state index contributed by atoms with van der Waals surface area (Å²) in [7, 11) is 0. The zero-order valence-corrected chi connectivity index (χ0v) is 18.0. The number of nitrogens with zero attached hydrogens (tertiary/aromatic N) is 1. The Morgan fingerprint density at radius 2 is 2.00 bits per heavy atom. The van der Waals surface area contributed by atoms with Crippen LogP contribution in [0.25, 0.3) is 0 Å². The number of ether oxygens (including phenoxy) is 1. The van der Waals surface area contributed by atoms with Gasteiger partial charge in [0.2, 0.25) is 5.91 Å². The molecule has 0 radical (unpaired) electrons. The number of halogens is 1. The van der Waals surface area contributed by atoms with Crippen LogP contribution in [0, 0.1) is 0 Å². The number of para-hydroxylation sites is 1. The van der Waals surface area contributed by atoms with E-state index in [0.717, 1.165) is 56.2 Å². The largest absolute Gasteiger partial charge is 0.493 e. The van der Waals surface area contributed by atoms with Gasteiger partial charge in [-0.15, -0.1) is 0 Å². The van der Waals surface area contributed by atoms with Crippen LogP contribution in [0.15, 0.2) is 48.5 Å². The molecule has 2 N–H and O–H groups in total. The van der Waals surface area contributed by atoms with Crippen LogP contribution >= 0.6 is 11.6 Å². The number of carbonyl (C=O) groups is 1. The topological polar surface area (TPSA) is 53.6 Å². The van der Waals surface area contributed by atoms with Crippen LogP contribution in [0.5, 0.6) is 5.75 Å². The number of piperidine rings is 1. The van der Waals surface area contributed by atoms with Crippen molar-refractivity contribution in [3.8, 4) is 5.75 Å². The molecule has 0 saturated carbocycles. The van der Waals surface area contributed by atoms with E-state index in [2.05, 4.69) is 39.8 Å². The molecule has 2 heterocycles. The zero-order valence-electron chi connectivity index (χ0n) is 17.3. The average Bonchev–Trinajstić information content (AvgIpc) is 2.76. The molecule has 1 saturated heterocycles. The fraction of sp³-hybridized carbons (Fsp3) is 0.458. The summed E-state index contributed by atoms with van der Waals surface area (Å²) in [6.45, 7) is 4.67. The normalized spacial score (nSPS) is 23.6. The number of amides is 1. The first-order valence-electron chi connectivity index (χ1n) is 10.9. The van der Waals surface area contributed by atoms with Crippen molar-refractivity contribution in [2.75, 3.05) is 32.8 Å². The van der Waals surface area contributed by atoms with Gasteiger partial charge in [-0.05, 0) is 61.1 Å². The van der Waals surface area contributed by atoms with Gasteiger partial charge < -0.3 is 15.4 Å². The van der Waals surface area contributed by atoms with Crippen LogP contribution in [-0.2, 0) is 11.3 Å². The summed E-state index contributed by atoms with van der Waals surface area (Å²) in [6, 6.07) is 16.1. The van der Waals surface area contributed by atoms with Gasteiger partial charge in [0.1, 0.15) is 5.75 Å². The van der Waals surface area contributed by atoms with Gasteiger partial charge >= 0.3 is 0 Å². The number of carbonyl (C=O) groups excluding carboxylic acids is 1. The molecule has 160 valence electrons. The van der Waals surface area contributed by atoms with Crippen molar-refractivity contribution in [2.24, 2.45) is 0 Å². The van der Waals surface area contributed by atoms with E-state index in [9.17, 15) is 4.79 Å². The molecule has 30 heavy (non-hydrogen) atoms. The molecule has 2 aromatic carbocycles.